The number of rotatable bonds is 1. The smallest absolute Gasteiger partial charge is 0.253 e. The first-order valence-electron chi connectivity index (χ1n) is 5.81. The number of nitrogens with zero attached hydrogens (tertiary/aromatic N) is 1. The molecule has 0 aliphatic carbocycles. The van der Waals surface area contributed by atoms with E-state index < -0.39 is 0 Å². The summed E-state index contributed by atoms with van der Waals surface area (Å²) in [6, 6.07) is 4.99. The number of amides is 1. The fourth-order valence-electron chi connectivity index (χ4n) is 2.07. The van der Waals surface area contributed by atoms with Crippen molar-refractivity contribution in [3.05, 3.63) is 33.8 Å². The first kappa shape index (κ1) is 12.7. The fraction of sp³-hybridized carbons (Fsp3) is 0.462. The Bertz CT molecular complexity index is 405. The van der Waals surface area contributed by atoms with Gasteiger partial charge in [-0.1, -0.05) is 30.1 Å². The lowest BCUT2D eigenvalue weighted by molar-refractivity contribution is 0.0697. The van der Waals surface area contributed by atoms with Gasteiger partial charge in [-0.05, 0) is 37.0 Å². The number of likely N-dealkylation sites (tertiary alicyclic amines) is 1. The summed E-state index contributed by atoms with van der Waals surface area (Å²) in [6.07, 6.45) is 2.14. The third-order valence-corrected chi connectivity index (χ3v) is 3.62. The summed E-state index contributed by atoms with van der Waals surface area (Å²) in [5, 5.41) is 1.01. The van der Waals surface area contributed by atoms with E-state index in [1.165, 1.54) is 0 Å². The minimum absolute atomic E-state index is 0.0290. The van der Waals surface area contributed by atoms with Gasteiger partial charge in [0.2, 0.25) is 0 Å². The van der Waals surface area contributed by atoms with Crippen LogP contribution in [0.2, 0.25) is 10.0 Å². The van der Waals surface area contributed by atoms with Gasteiger partial charge >= 0.3 is 0 Å². The third-order valence-electron chi connectivity index (χ3n) is 3.18. The number of hydrogen-bond acceptors (Lipinski definition) is 1. The maximum absolute atomic E-state index is 12.2. The molecule has 1 amide bonds. The number of carbonyl (C=O) groups is 1. The molecule has 0 spiro atoms. The Morgan fingerprint density at radius 1 is 1.18 bits per heavy atom. The van der Waals surface area contributed by atoms with Crippen LogP contribution in [0.25, 0.3) is 0 Å². The van der Waals surface area contributed by atoms with Crippen LogP contribution < -0.4 is 0 Å². The molecule has 1 aromatic rings. The van der Waals surface area contributed by atoms with E-state index >= 15 is 0 Å². The summed E-state index contributed by atoms with van der Waals surface area (Å²) < 4.78 is 0. The Hall–Kier alpha value is -0.730. The number of halogens is 2. The van der Waals surface area contributed by atoms with Crippen molar-refractivity contribution in [2.75, 3.05) is 13.1 Å². The van der Waals surface area contributed by atoms with Gasteiger partial charge in [0.05, 0.1) is 0 Å². The second kappa shape index (κ2) is 5.28. The highest BCUT2D eigenvalue weighted by Gasteiger charge is 2.21. The van der Waals surface area contributed by atoms with Gasteiger partial charge in [0.1, 0.15) is 0 Å². The Kier molecular flexibility index (Phi) is 3.95. The number of piperidine rings is 1. The molecule has 1 fully saturated rings. The van der Waals surface area contributed by atoms with Crippen molar-refractivity contribution in [1.29, 1.82) is 0 Å². The SMILES string of the molecule is CC1CCN(C(=O)c2cc(Cl)cc(Cl)c2)CC1. The van der Waals surface area contributed by atoms with E-state index in [0.717, 1.165) is 25.9 Å². The first-order chi connectivity index (χ1) is 8.06. The molecule has 1 aliphatic heterocycles. The van der Waals surface area contributed by atoms with Crippen LogP contribution in [0.1, 0.15) is 30.1 Å². The zero-order chi connectivity index (χ0) is 12.4. The maximum atomic E-state index is 12.2. The Balaban J connectivity index is 2.14. The molecule has 0 aromatic heterocycles. The number of carbonyl (C=O) groups excluding carboxylic acids is 1. The summed E-state index contributed by atoms with van der Waals surface area (Å²) >= 11 is 11.8. The van der Waals surface area contributed by atoms with Crippen LogP contribution in [-0.4, -0.2) is 23.9 Å². The van der Waals surface area contributed by atoms with Crippen LogP contribution in [0.4, 0.5) is 0 Å². The Morgan fingerprint density at radius 2 is 1.71 bits per heavy atom. The molecule has 0 saturated carbocycles. The van der Waals surface area contributed by atoms with E-state index in [1.807, 2.05) is 4.90 Å². The van der Waals surface area contributed by atoms with Gasteiger partial charge in [-0.3, -0.25) is 4.79 Å². The molecule has 1 aromatic carbocycles. The lowest BCUT2D eigenvalue weighted by Crippen LogP contribution is -2.37. The normalized spacial score (nSPS) is 17.2. The van der Waals surface area contributed by atoms with Crippen LogP contribution in [0.3, 0.4) is 0 Å². The molecule has 0 unspecified atom stereocenters. The minimum atomic E-state index is 0.0290. The van der Waals surface area contributed by atoms with Crippen molar-refractivity contribution >= 4 is 29.1 Å². The molecule has 4 heteroatoms. The second-order valence-corrected chi connectivity index (χ2v) is 5.51. The van der Waals surface area contributed by atoms with Gasteiger partial charge in [-0.2, -0.15) is 0 Å². The third kappa shape index (κ3) is 3.14. The van der Waals surface area contributed by atoms with E-state index in [0.29, 0.717) is 21.5 Å². The quantitative estimate of drug-likeness (QED) is 0.760. The Labute approximate surface area is 112 Å². The van der Waals surface area contributed by atoms with Crippen molar-refractivity contribution in [3.63, 3.8) is 0 Å². The topological polar surface area (TPSA) is 20.3 Å². The average Bonchev–Trinajstić information content (AvgIpc) is 2.28. The molecule has 0 bridgehead atoms. The summed E-state index contributed by atoms with van der Waals surface area (Å²) in [4.78, 5) is 14.1. The molecule has 92 valence electrons. The van der Waals surface area contributed by atoms with Gasteiger partial charge in [0, 0.05) is 28.7 Å². The van der Waals surface area contributed by atoms with Crippen LogP contribution in [-0.2, 0) is 0 Å². The van der Waals surface area contributed by atoms with Crippen molar-refractivity contribution in [2.45, 2.75) is 19.8 Å². The zero-order valence-electron chi connectivity index (χ0n) is 9.75. The molecular formula is C13H15Cl2NO. The van der Waals surface area contributed by atoms with Crippen LogP contribution in [0, 0.1) is 5.92 Å². The van der Waals surface area contributed by atoms with E-state index in [4.69, 9.17) is 23.2 Å². The van der Waals surface area contributed by atoms with E-state index in [9.17, 15) is 4.79 Å². The van der Waals surface area contributed by atoms with Crippen molar-refractivity contribution in [1.82, 2.24) is 4.90 Å². The molecular weight excluding hydrogens is 257 g/mol. The molecule has 1 saturated heterocycles. The summed E-state index contributed by atoms with van der Waals surface area (Å²) in [5.74, 6) is 0.739. The predicted octanol–water partition coefficient (Wildman–Crippen LogP) is 3.87. The van der Waals surface area contributed by atoms with E-state index in [-0.39, 0.29) is 5.91 Å². The molecule has 1 heterocycles. The number of hydrogen-bond donors (Lipinski definition) is 0. The second-order valence-electron chi connectivity index (χ2n) is 4.63. The molecule has 0 N–H and O–H groups in total. The van der Waals surface area contributed by atoms with Gasteiger partial charge in [0.25, 0.3) is 5.91 Å². The van der Waals surface area contributed by atoms with Crippen molar-refractivity contribution < 1.29 is 4.79 Å². The lowest BCUT2D eigenvalue weighted by atomic mass is 9.98. The van der Waals surface area contributed by atoms with Gasteiger partial charge in [0.15, 0.2) is 0 Å². The molecule has 17 heavy (non-hydrogen) atoms. The van der Waals surface area contributed by atoms with E-state index in [2.05, 4.69) is 6.92 Å². The molecule has 0 atom stereocenters. The fourth-order valence-corrected chi connectivity index (χ4v) is 2.60. The van der Waals surface area contributed by atoms with Crippen molar-refractivity contribution in [3.8, 4) is 0 Å². The van der Waals surface area contributed by atoms with Crippen molar-refractivity contribution in [2.24, 2.45) is 5.92 Å². The van der Waals surface area contributed by atoms with Crippen LogP contribution in [0.15, 0.2) is 18.2 Å². The average molecular weight is 272 g/mol. The zero-order valence-corrected chi connectivity index (χ0v) is 11.3. The molecule has 2 nitrogen and oxygen atoms in total. The maximum Gasteiger partial charge on any atom is 0.253 e. The van der Waals surface area contributed by atoms with Gasteiger partial charge < -0.3 is 4.90 Å². The van der Waals surface area contributed by atoms with Gasteiger partial charge in [-0.15, -0.1) is 0 Å². The summed E-state index contributed by atoms with van der Waals surface area (Å²) in [7, 11) is 0. The Morgan fingerprint density at radius 3 is 2.24 bits per heavy atom. The summed E-state index contributed by atoms with van der Waals surface area (Å²) in [6.45, 7) is 3.87. The predicted molar refractivity (Wildman–Crippen MR) is 70.8 cm³/mol. The lowest BCUT2D eigenvalue weighted by Gasteiger charge is -2.30. The molecule has 0 radical (unpaired) electrons. The highest BCUT2D eigenvalue weighted by Crippen LogP contribution is 2.22. The highest BCUT2D eigenvalue weighted by atomic mass is 35.5. The minimum Gasteiger partial charge on any atom is -0.339 e. The summed E-state index contributed by atoms with van der Waals surface area (Å²) in [5.41, 5.74) is 0.581. The van der Waals surface area contributed by atoms with Gasteiger partial charge in [-0.25, -0.2) is 0 Å². The molecule has 1 aliphatic rings. The molecule has 2 rings (SSSR count). The number of benzene rings is 1. The first-order valence-corrected chi connectivity index (χ1v) is 6.57. The van der Waals surface area contributed by atoms with Crippen LogP contribution >= 0.6 is 23.2 Å². The largest absolute Gasteiger partial charge is 0.339 e. The van der Waals surface area contributed by atoms with E-state index in [1.54, 1.807) is 18.2 Å². The van der Waals surface area contributed by atoms with Crippen LogP contribution in [0.5, 0.6) is 0 Å². The monoisotopic (exact) mass is 271 g/mol. The highest BCUT2D eigenvalue weighted by molar-refractivity contribution is 6.35. The standard InChI is InChI=1S/C13H15Cl2NO/c1-9-2-4-16(5-3-9)13(17)10-6-11(14)8-12(15)7-10/h6-9H,2-5H2,1H3.